The minimum atomic E-state index is -2.47. The largest absolute Gasteiger partial charge is 0.296 e. The third kappa shape index (κ3) is 2.79. The molecule has 0 N–H and O–H groups in total. The first-order valence-corrected chi connectivity index (χ1v) is 5.73. The monoisotopic (exact) mass is 225 g/mol. The van der Waals surface area contributed by atoms with Crippen molar-refractivity contribution in [3.05, 3.63) is 35.9 Å². The van der Waals surface area contributed by atoms with Gasteiger partial charge in [0.2, 0.25) is 0 Å². The highest BCUT2D eigenvalue weighted by molar-refractivity contribution is 5.14. The van der Waals surface area contributed by atoms with Gasteiger partial charge in [-0.1, -0.05) is 30.3 Å². The number of nitrogens with zero attached hydrogens (tertiary/aromatic N) is 1. The molecule has 2 rings (SSSR count). The Morgan fingerprint density at radius 3 is 2.62 bits per heavy atom. The van der Waals surface area contributed by atoms with E-state index in [1.807, 2.05) is 37.3 Å². The van der Waals surface area contributed by atoms with Crippen LogP contribution in [0.3, 0.4) is 0 Å². The predicted molar refractivity (Wildman–Crippen MR) is 60.5 cm³/mol. The van der Waals surface area contributed by atoms with Crippen LogP contribution in [0.15, 0.2) is 30.3 Å². The van der Waals surface area contributed by atoms with E-state index in [1.165, 1.54) is 5.56 Å². The Bertz CT molecular complexity index is 337. The van der Waals surface area contributed by atoms with Crippen LogP contribution in [0.2, 0.25) is 0 Å². The van der Waals surface area contributed by atoms with Crippen LogP contribution in [0.1, 0.15) is 25.3 Å². The maximum absolute atomic E-state index is 13.1. The molecule has 1 aromatic rings. The lowest BCUT2D eigenvalue weighted by Crippen LogP contribution is -2.44. The lowest BCUT2D eigenvalue weighted by molar-refractivity contribution is -0.0765. The van der Waals surface area contributed by atoms with Gasteiger partial charge in [-0.3, -0.25) is 4.90 Å². The second-order valence-electron chi connectivity index (χ2n) is 4.62. The summed E-state index contributed by atoms with van der Waals surface area (Å²) in [7, 11) is 0. The minimum absolute atomic E-state index is 0.00975. The summed E-state index contributed by atoms with van der Waals surface area (Å²) in [5, 5.41) is 0. The molecule has 1 saturated heterocycles. The molecule has 16 heavy (non-hydrogen) atoms. The minimum Gasteiger partial charge on any atom is -0.296 e. The van der Waals surface area contributed by atoms with Crippen LogP contribution in [0, 0.1) is 0 Å². The summed E-state index contributed by atoms with van der Waals surface area (Å²) >= 11 is 0. The van der Waals surface area contributed by atoms with E-state index in [4.69, 9.17) is 0 Å². The van der Waals surface area contributed by atoms with Crippen molar-refractivity contribution < 1.29 is 8.78 Å². The summed E-state index contributed by atoms with van der Waals surface area (Å²) in [4.78, 5) is 2.13. The van der Waals surface area contributed by atoms with Gasteiger partial charge in [0, 0.05) is 32.0 Å². The number of halogens is 2. The van der Waals surface area contributed by atoms with Crippen molar-refractivity contribution in [2.45, 2.75) is 38.3 Å². The number of rotatable bonds is 2. The molecule has 0 saturated carbocycles. The molecule has 1 atom stereocenters. The Labute approximate surface area is 95.1 Å². The summed E-state index contributed by atoms with van der Waals surface area (Å²) in [6.45, 7) is 3.15. The van der Waals surface area contributed by atoms with Gasteiger partial charge >= 0.3 is 0 Å². The third-order valence-electron chi connectivity index (χ3n) is 3.21. The smallest absolute Gasteiger partial charge is 0.250 e. The molecule has 1 aliphatic heterocycles. The summed E-state index contributed by atoms with van der Waals surface area (Å²) in [6, 6.07) is 9.98. The number of benzene rings is 1. The van der Waals surface area contributed by atoms with E-state index in [2.05, 4.69) is 4.90 Å². The number of hydrogen-bond acceptors (Lipinski definition) is 1. The van der Waals surface area contributed by atoms with Gasteiger partial charge in [-0.25, -0.2) is 8.78 Å². The summed E-state index contributed by atoms with van der Waals surface area (Å²) in [5.41, 5.74) is 1.19. The molecule has 0 aromatic heterocycles. The van der Waals surface area contributed by atoms with E-state index < -0.39 is 5.92 Å². The Morgan fingerprint density at radius 1 is 1.31 bits per heavy atom. The molecular formula is C13H17F2N. The maximum atomic E-state index is 13.1. The van der Waals surface area contributed by atoms with Gasteiger partial charge in [-0.15, -0.1) is 0 Å². The number of likely N-dealkylation sites (tertiary alicyclic amines) is 1. The SMILES string of the molecule is CC1CC(F)(F)CCN1Cc1ccccc1. The van der Waals surface area contributed by atoms with E-state index >= 15 is 0 Å². The van der Waals surface area contributed by atoms with Crippen molar-refractivity contribution in [2.24, 2.45) is 0 Å². The lowest BCUT2D eigenvalue weighted by atomic mass is 9.99. The van der Waals surface area contributed by atoms with Crippen LogP contribution in [0.25, 0.3) is 0 Å². The quantitative estimate of drug-likeness (QED) is 0.746. The molecule has 0 spiro atoms. The Hall–Kier alpha value is -0.960. The summed E-state index contributed by atoms with van der Waals surface area (Å²) in [6.07, 6.45) is -0.0238. The number of piperidine rings is 1. The normalized spacial score (nSPS) is 25.6. The highest BCUT2D eigenvalue weighted by Gasteiger charge is 2.37. The van der Waals surface area contributed by atoms with E-state index in [9.17, 15) is 8.78 Å². The third-order valence-corrected chi connectivity index (χ3v) is 3.21. The molecular weight excluding hydrogens is 208 g/mol. The van der Waals surface area contributed by atoms with Crippen molar-refractivity contribution in [2.75, 3.05) is 6.54 Å². The zero-order valence-corrected chi connectivity index (χ0v) is 9.50. The lowest BCUT2D eigenvalue weighted by Gasteiger charge is -2.37. The second kappa shape index (κ2) is 4.50. The van der Waals surface area contributed by atoms with E-state index in [1.54, 1.807) is 0 Å². The topological polar surface area (TPSA) is 3.24 Å². The zero-order chi connectivity index (χ0) is 11.6. The summed E-state index contributed by atoms with van der Waals surface area (Å²) < 4.78 is 26.3. The number of hydrogen-bond donors (Lipinski definition) is 0. The molecule has 0 aliphatic carbocycles. The molecule has 1 nitrogen and oxygen atoms in total. The molecule has 1 aliphatic rings. The fraction of sp³-hybridized carbons (Fsp3) is 0.538. The van der Waals surface area contributed by atoms with Crippen LogP contribution in [-0.4, -0.2) is 23.4 Å². The van der Waals surface area contributed by atoms with Gasteiger partial charge in [-0.2, -0.15) is 0 Å². The van der Waals surface area contributed by atoms with Crippen LogP contribution in [0.4, 0.5) is 8.78 Å². The number of alkyl halides is 2. The average Bonchev–Trinajstić information content (AvgIpc) is 2.23. The molecule has 3 heteroatoms. The Kier molecular flexibility index (Phi) is 3.24. The van der Waals surface area contributed by atoms with Crippen molar-refractivity contribution in [1.29, 1.82) is 0 Å². The molecule has 1 fully saturated rings. The van der Waals surface area contributed by atoms with Gasteiger partial charge in [0.25, 0.3) is 5.92 Å². The van der Waals surface area contributed by atoms with E-state index in [0.717, 1.165) is 6.54 Å². The standard InChI is InChI=1S/C13H17F2N/c1-11-9-13(14,15)7-8-16(11)10-12-5-3-2-4-6-12/h2-6,11H,7-10H2,1H3. The van der Waals surface area contributed by atoms with Crippen LogP contribution < -0.4 is 0 Å². The molecule has 0 bridgehead atoms. The van der Waals surface area contributed by atoms with Crippen molar-refractivity contribution in [3.8, 4) is 0 Å². The van der Waals surface area contributed by atoms with E-state index in [0.29, 0.717) is 6.54 Å². The first kappa shape index (κ1) is 11.5. The maximum Gasteiger partial charge on any atom is 0.250 e. The van der Waals surface area contributed by atoms with Gasteiger partial charge in [-0.05, 0) is 12.5 Å². The molecule has 1 unspecified atom stereocenters. The van der Waals surface area contributed by atoms with Crippen molar-refractivity contribution in [1.82, 2.24) is 4.90 Å². The molecule has 1 heterocycles. The van der Waals surface area contributed by atoms with Crippen LogP contribution in [-0.2, 0) is 6.54 Å². The van der Waals surface area contributed by atoms with Gasteiger partial charge in [0.15, 0.2) is 0 Å². The van der Waals surface area contributed by atoms with Gasteiger partial charge in [0.1, 0.15) is 0 Å². The predicted octanol–water partition coefficient (Wildman–Crippen LogP) is 3.31. The van der Waals surface area contributed by atoms with Crippen LogP contribution in [0.5, 0.6) is 0 Å². The van der Waals surface area contributed by atoms with Crippen molar-refractivity contribution in [3.63, 3.8) is 0 Å². The fourth-order valence-corrected chi connectivity index (χ4v) is 2.24. The average molecular weight is 225 g/mol. The molecule has 0 amide bonds. The molecule has 0 radical (unpaired) electrons. The Morgan fingerprint density at radius 2 is 2.00 bits per heavy atom. The second-order valence-corrected chi connectivity index (χ2v) is 4.62. The summed E-state index contributed by atoms with van der Waals surface area (Å²) in [5.74, 6) is -2.47. The van der Waals surface area contributed by atoms with Gasteiger partial charge in [0.05, 0.1) is 0 Å². The van der Waals surface area contributed by atoms with Crippen molar-refractivity contribution >= 4 is 0 Å². The first-order chi connectivity index (χ1) is 7.57. The first-order valence-electron chi connectivity index (χ1n) is 5.73. The molecule has 1 aromatic carbocycles. The van der Waals surface area contributed by atoms with Crippen LogP contribution >= 0.6 is 0 Å². The fourth-order valence-electron chi connectivity index (χ4n) is 2.24. The highest BCUT2D eigenvalue weighted by atomic mass is 19.3. The highest BCUT2D eigenvalue weighted by Crippen LogP contribution is 2.32. The zero-order valence-electron chi connectivity index (χ0n) is 9.50. The van der Waals surface area contributed by atoms with Gasteiger partial charge < -0.3 is 0 Å². The molecule has 88 valence electrons. The Balaban J connectivity index is 1.97. The van der Waals surface area contributed by atoms with E-state index in [-0.39, 0.29) is 18.9 Å².